The Labute approximate surface area is 122 Å². The summed E-state index contributed by atoms with van der Waals surface area (Å²) in [5, 5.41) is 7.09. The molecule has 5 heteroatoms. The fourth-order valence-electron chi connectivity index (χ4n) is 2.43. The van der Waals surface area contributed by atoms with Crippen molar-refractivity contribution in [3.05, 3.63) is 58.3 Å². The third-order valence-corrected chi connectivity index (χ3v) is 4.26. The van der Waals surface area contributed by atoms with Crippen molar-refractivity contribution in [2.45, 2.75) is 12.6 Å². The molecule has 2 atom stereocenters. The molecule has 1 aromatic carbocycles. The molecule has 1 amide bonds. The summed E-state index contributed by atoms with van der Waals surface area (Å²) in [7, 11) is 0. The van der Waals surface area contributed by atoms with Gasteiger partial charge < -0.3 is 5.32 Å². The van der Waals surface area contributed by atoms with E-state index in [1.165, 1.54) is 0 Å². The zero-order chi connectivity index (χ0) is 13.8. The van der Waals surface area contributed by atoms with Crippen molar-refractivity contribution in [3.63, 3.8) is 0 Å². The van der Waals surface area contributed by atoms with Gasteiger partial charge in [-0.2, -0.15) is 11.3 Å². The molecule has 3 rings (SSSR count). The molecule has 2 unspecified atom stereocenters. The van der Waals surface area contributed by atoms with Gasteiger partial charge in [0, 0.05) is 13.1 Å². The van der Waals surface area contributed by atoms with Gasteiger partial charge in [0.05, 0.1) is 12.0 Å². The van der Waals surface area contributed by atoms with Gasteiger partial charge in [0.1, 0.15) is 0 Å². The zero-order valence-corrected chi connectivity index (χ0v) is 11.8. The predicted octanol–water partition coefficient (Wildman–Crippen LogP) is 1.83. The van der Waals surface area contributed by atoms with E-state index in [-0.39, 0.29) is 17.9 Å². The van der Waals surface area contributed by atoms with Crippen LogP contribution in [0.2, 0.25) is 0 Å². The molecule has 1 saturated heterocycles. The summed E-state index contributed by atoms with van der Waals surface area (Å²) < 4.78 is 0. The third-order valence-electron chi connectivity index (χ3n) is 3.52. The van der Waals surface area contributed by atoms with Gasteiger partial charge in [-0.05, 0) is 28.0 Å². The maximum absolute atomic E-state index is 12.3. The van der Waals surface area contributed by atoms with Crippen LogP contribution in [0.5, 0.6) is 0 Å². The maximum atomic E-state index is 12.3. The van der Waals surface area contributed by atoms with E-state index in [9.17, 15) is 4.79 Å². The molecule has 1 aliphatic rings. The molecular formula is C15H17N3OS. The van der Waals surface area contributed by atoms with Crippen molar-refractivity contribution in [1.82, 2.24) is 16.2 Å². The largest absolute Gasteiger partial charge is 0.352 e. The normalized spacial score (nSPS) is 21.8. The number of carbonyl (C=O) groups excluding carboxylic acids is 1. The first-order chi connectivity index (χ1) is 9.84. The summed E-state index contributed by atoms with van der Waals surface area (Å²) in [5.41, 5.74) is 8.56. The van der Waals surface area contributed by atoms with Gasteiger partial charge in [-0.1, -0.05) is 30.3 Å². The maximum Gasteiger partial charge on any atom is 0.226 e. The van der Waals surface area contributed by atoms with Crippen molar-refractivity contribution in [3.8, 4) is 0 Å². The van der Waals surface area contributed by atoms with Gasteiger partial charge in [-0.25, -0.2) is 5.43 Å². The molecule has 4 nitrogen and oxygen atoms in total. The first-order valence-corrected chi connectivity index (χ1v) is 7.61. The highest BCUT2D eigenvalue weighted by molar-refractivity contribution is 7.07. The summed E-state index contributed by atoms with van der Waals surface area (Å²) in [4.78, 5) is 12.3. The fourth-order valence-corrected chi connectivity index (χ4v) is 3.10. The number of benzene rings is 1. The number of hydrazine groups is 1. The molecule has 0 saturated carbocycles. The topological polar surface area (TPSA) is 53.2 Å². The fraction of sp³-hybridized carbons (Fsp3) is 0.267. The highest BCUT2D eigenvalue weighted by Gasteiger charge is 2.33. The van der Waals surface area contributed by atoms with E-state index < -0.39 is 0 Å². The van der Waals surface area contributed by atoms with Crippen molar-refractivity contribution >= 4 is 17.2 Å². The SMILES string of the molecule is O=C(NCc1ccsc1)C1CNNC1c1ccccc1. The number of nitrogens with one attached hydrogen (secondary N) is 3. The Morgan fingerprint density at radius 2 is 2.15 bits per heavy atom. The minimum absolute atomic E-state index is 0.0266. The molecule has 2 aromatic rings. The van der Waals surface area contributed by atoms with Crippen molar-refractivity contribution in [2.75, 3.05) is 6.54 Å². The van der Waals surface area contributed by atoms with E-state index in [2.05, 4.69) is 21.5 Å². The summed E-state index contributed by atoms with van der Waals surface area (Å²) in [5.74, 6) is -0.00131. The lowest BCUT2D eigenvalue weighted by molar-refractivity contribution is -0.125. The van der Waals surface area contributed by atoms with Crippen LogP contribution in [0.15, 0.2) is 47.2 Å². The van der Waals surface area contributed by atoms with Gasteiger partial charge in [-0.15, -0.1) is 0 Å². The van der Waals surface area contributed by atoms with Crippen molar-refractivity contribution < 1.29 is 4.79 Å². The van der Waals surface area contributed by atoms with Gasteiger partial charge >= 0.3 is 0 Å². The number of carbonyl (C=O) groups is 1. The lowest BCUT2D eigenvalue weighted by Gasteiger charge is -2.18. The van der Waals surface area contributed by atoms with E-state index in [1.807, 2.05) is 41.8 Å². The van der Waals surface area contributed by atoms with E-state index in [4.69, 9.17) is 0 Å². The van der Waals surface area contributed by atoms with Crippen LogP contribution in [-0.4, -0.2) is 12.5 Å². The van der Waals surface area contributed by atoms with E-state index in [1.54, 1.807) is 11.3 Å². The minimum atomic E-state index is -0.0870. The second kappa shape index (κ2) is 6.17. The highest BCUT2D eigenvalue weighted by Crippen LogP contribution is 2.24. The number of hydrogen-bond donors (Lipinski definition) is 3. The van der Waals surface area contributed by atoms with Crippen LogP contribution in [0.25, 0.3) is 0 Å². The first kappa shape index (κ1) is 13.3. The molecule has 1 aliphatic heterocycles. The number of amides is 1. The second-order valence-corrected chi connectivity index (χ2v) is 5.65. The van der Waals surface area contributed by atoms with Gasteiger partial charge in [0.25, 0.3) is 0 Å². The highest BCUT2D eigenvalue weighted by atomic mass is 32.1. The Hall–Kier alpha value is -1.69. The van der Waals surface area contributed by atoms with Crippen LogP contribution in [0.4, 0.5) is 0 Å². The van der Waals surface area contributed by atoms with Crippen molar-refractivity contribution in [1.29, 1.82) is 0 Å². The average Bonchev–Trinajstić information content (AvgIpc) is 3.17. The molecule has 20 heavy (non-hydrogen) atoms. The summed E-state index contributed by atoms with van der Waals surface area (Å²) in [6, 6.07) is 12.1. The number of hydrogen-bond acceptors (Lipinski definition) is 4. The summed E-state index contributed by atoms with van der Waals surface area (Å²) in [6.45, 7) is 1.25. The summed E-state index contributed by atoms with van der Waals surface area (Å²) in [6.07, 6.45) is 0. The molecule has 104 valence electrons. The molecule has 0 radical (unpaired) electrons. The van der Waals surface area contributed by atoms with Crippen LogP contribution < -0.4 is 16.2 Å². The molecule has 2 heterocycles. The van der Waals surface area contributed by atoms with E-state index >= 15 is 0 Å². The van der Waals surface area contributed by atoms with Crippen LogP contribution in [-0.2, 0) is 11.3 Å². The third kappa shape index (κ3) is 2.90. The first-order valence-electron chi connectivity index (χ1n) is 6.67. The zero-order valence-electron chi connectivity index (χ0n) is 11.0. The van der Waals surface area contributed by atoms with Crippen LogP contribution in [0.1, 0.15) is 17.2 Å². The quantitative estimate of drug-likeness (QED) is 0.804. The lowest BCUT2D eigenvalue weighted by atomic mass is 9.94. The Morgan fingerprint density at radius 1 is 1.30 bits per heavy atom. The molecule has 0 bridgehead atoms. The van der Waals surface area contributed by atoms with Crippen LogP contribution >= 0.6 is 11.3 Å². The average molecular weight is 287 g/mol. The second-order valence-electron chi connectivity index (χ2n) is 4.87. The van der Waals surface area contributed by atoms with E-state index in [0.717, 1.165) is 11.1 Å². The number of thiophene rings is 1. The molecule has 3 N–H and O–H groups in total. The Balaban J connectivity index is 1.64. The molecule has 1 aromatic heterocycles. The molecule has 1 fully saturated rings. The van der Waals surface area contributed by atoms with Crippen molar-refractivity contribution in [2.24, 2.45) is 5.92 Å². The Kier molecular flexibility index (Phi) is 4.11. The van der Waals surface area contributed by atoms with E-state index in [0.29, 0.717) is 13.1 Å². The molecular weight excluding hydrogens is 270 g/mol. The van der Waals surface area contributed by atoms with Crippen LogP contribution in [0, 0.1) is 5.92 Å². The molecule has 0 spiro atoms. The Morgan fingerprint density at radius 3 is 2.90 bits per heavy atom. The monoisotopic (exact) mass is 287 g/mol. The lowest BCUT2D eigenvalue weighted by Crippen LogP contribution is -2.34. The standard InChI is InChI=1S/C15H17N3OS/c19-15(16-8-11-6-7-20-10-11)13-9-17-18-14(13)12-4-2-1-3-5-12/h1-7,10,13-14,17-18H,8-9H2,(H,16,19). The summed E-state index contributed by atoms with van der Waals surface area (Å²) >= 11 is 1.64. The van der Waals surface area contributed by atoms with Gasteiger partial charge in [0.2, 0.25) is 5.91 Å². The Bertz CT molecular complexity index is 556. The number of rotatable bonds is 4. The smallest absolute Gasteiger partial charge is 0.226 e. The van der Waals surface area contributed by atoms with Gasteiger partial charge in [0.15, 0.2) is 0 Å². The minimum Gasteiger partial charge on any atom is -0.352 e. The predicted molar refractivity (Wildman–Crippen MR) is 80.0 cm³/mol. The van der Waals surface area contributed by atoms with Gasteiger partial charge in [-0.3, -0.25) is 10.2 Å². The molecule has 0 aliphatic carbocycles. The van der Waals surface area contributed by atoms with Crippen LogP contribution in [0.3, 0.4) is 0 Å².